The molecule has 3 N–H and O–H groups in total. The maximum atomic E-state index is 12.1. The molecule has 0 aliphatic heterocycles. The molecule has 1 aromatic heterocycles. The fraction of sp³-hybridized carbons (Fsp3) is 0.700. The summed E-state index contributed by atoms with van der Waals surface area (Å²) in [6.07, 6.45) is -1.20. The van der Waals surface area contributed by atoms with Crippen LogP contribution in [-0.2, 0) is 13.0 Å². The number of aryl methyl sites for hydroxylation is 1. The van der Waals surface area contributed by atoms with E-state index in [4.69, 9.17) is 5.84 Å². The molecule has 0 spiro atoms. The molecule has 0 aliphatic rings. The number of hydrogen-bond acceptors (Lipinski definition) is 3. The van der Waals surface area contributed by atoms with Crippen molar-refractivity contribution in [3.8, 4) is 0 Å². The Hall–Kier alpha value is -1.08. The maximum Gasteiger partial charge on any atom is 0.389 e. The van der Waals surface area contributed by atoms with Crippen LogP contribution >= 0.6 is 0 Å². The Morgan fingerprint density at radius 3 is 2.76 bits per heavy atom. The number of aromatic nitrogens is 2. The summed E-state index contributed by atoms with van der Waals surface area (Å²) in [6.45, 7) is 2.69. The minimum atomic E-state index is -4.14. The lowest BCUT2D eigenvalue weighted by Crippen LogP contribution is -2.38. The van der Waals surface area contributed by atoms with Crippen LogP contribution in [0.4, 0.5) is 13.2 Å². The van der Waals surface area contributed by atoms with Crippen molar-refractivity contribution >= 4 is 0 Å². The van der Waals surface area contributed by atoms with Crippen LogP contribution in [0.25, 0.3) is 0 Å². The summed E-state index contributed by atoms with van der Waals surface area (Å²) >= 11 is 0. The Labute approximate surface area is 98.0 Å². The largest absolute Gasteiger partial charge is 0.389 e. The number of hydrogen-bond donors (Lipinski definition) is 2. The fourth-order valence-electron chi connectivity index (χ4n) is 1.62. The van der Waals surface area contributed by atoms with E-state index in [0.717, 1.165) is 12.4 Å². The average molecular weight is 250 g/mol. The number of nitrogens with two attached hydrogens (primary N) is 1. The Morgan fingerprint density at radius 1 is 1.53 bits per heavy atom. The first kappa shape index (κ1) is 14.0. The van der Waals surface area contributed by atoms with Gasteiger partial charge in [0.15, 0.2) is 0 Å². The molecule has 0 fully saturated rings. The van der Waals surface area contributed by atoms with Gasteiger partial charge in [0, 0.05) is 37.8 Å². The Kier molecular flexibility index (Phi) is 4.95. The highest BCUT2D eigenvalue weighted by Gasteiger charge is 2.28. The Morgan fingerprint density at radius 2 is 2.24 bits per heavy atom. The van der Waals surface area contributed by atoms with Gasteiger partial charge in [-0.25, -0.2) is 4.98 Å². The van der Waals surface area contributed by atoms with Crippen molar-refractivity contribution in [3.05, 3.63) is 18.2 Å². The molecule has 7 heteroatoms. The molecule has 0 radical (unpaired) electrons. The third kappa shape index (κ3) is 4.74. The van der Waals surface area contributed by atoms with Crippen molar-refractivity contribution in [2.24, 2.45) is 5.84 Å². The van der Waals surface area contributed by atoms with E-state index in [2.05, 4.69) is 10.4 Å². The maximum absolute atomic E-state index is 12.1. The molecule has 98 valence electrons. The predicted molar refractivity (Wildman–Crippen MR) is 58.0 cm³/mol. The van der Waals surface area contributed by atoms with Gasteiger partial charge in [-0.3, -0.25) is 11.3 Å². The van der Waals surface area contributed by atoms with Crippen LogP contribution < -0.4 is 11.3 Å². The van der Waals surface area contributed by atoms with Crippen molar-refractivity contribution in [2.45, 2.75) is 44.9 Å². The number of nitrogens with zero attached hydrogens (tertiary/aromatic N) is 2. The van der Waals surface area contributed by atoms with Gasteiger partial charge in [-0.05, 0) is 13.3 Å². The number of nitrogens with one attached hydrogen (secondary N) is 1. The summed E-state index contributed by atoms with van der Waals surface area (Å²) in [5.41, 5.74) is 2.41. The fourth-order valence-corrected chi connectivity index (χ4v) is 1.62. The van der Waals surface area contributed by atoms with Gasteiger partial charge in [0.2, 0.25) is 0 Å². The molecule has 0 amide bonds. The molecule has 1 rings (SSSR count). The van der Waals surface area contributed by atoms with Gasteiger partial charge < -0.3 is 4.57 Å². The zero-order valence-electron chi connectivity index (χ0n) is 9.67. The molecule has 0 aliphatic carbocycles. The lowest BCUT2D eigenvalue weighted by molar-refractivity contribution is -0.136. The topological polar surface area (TPSA) is 55.9 Å². The highest BCUT2D eigenvalue weighted by Crippen LogP contribution is 2.22. The van der Waals surface area contributed by atoms with Crippen LogP contribution in [-0.4, -0.2) is 21.8 Å². The van der Waals surface area contributed by atoms with E-state index in [1.54, 1.807) is 12.4 Å². The molecular weight excluding hydrogens is 233 g/mol. The van der Waals surface area contributed by atoms with Crippen LogP contribution in [0, 0.1) is 0 Å². The van der Waals surface area contributed by atoms with Crippen LogP contribution in [0.1, 0.15) is 25.6 Å². The summed E-state index contributed by atoms with van der Waals surface area (Å²) in [5.74, 6) is 6.00. The Balaban J connectivity index is 2.52. The van der Waals surface area contributed by atoms with E-state index in [0.29, 0.717) is 6.42 Å². The minimum absolute atomic E-state index is 0.0451. The van der Waals surface area contributed by atoms with Gasteiger partial charge in [0.1, 0.15) is 5.82 Å². The van der Waals surface area contributed by atoms with E-state index in [1.165, 1.54) is 0 Å². The second kappa shape index (κ2) is 6.02. The highest BCUT2D eigenvalue weighted by atomic mass is 19.4. The average Bonchev–Trinajstić information content (AvgIpc) is 2.70. The van der Waals surface area contributed by atoms with E-state index >= 15 is 0 Å². The van der Waals surface area contributed by atoms with Crippen LogP contribution in [0.15, 0.2) is 12.4 Å². The molecule has 17 heavy (non-hydrogen) atoms. The molecule has 1 aromatic rings. The van der Waals surface area contributed by atoms with Crippen molar-refractivity contribution in [1.29, 1.82) is 0 Å². The standard InChI is InChI=1S/C10H17F3N4/c1-2-17-6-5-15-9(17)7-8(16-14)3-4-10(11,12)13/h5-6,8,16H,2-4,7,14H2,1H3. The van der Waals surface area contributed by atoms with Gasteiger partial charge in [0.05, 0.1) is 0 Å². The van der Waals surface area contributed by atoms with E-state index < -0.39 is 18.6 Å². The lowest BCUT2D eigenvalue weighted by atomic mass is 10.1. The molecule has 0 aromatic carbocycles. The number of alkyl halides is 3. The Bertz CT molecular complexity index is 335. The monoisotopic (exact) mass is 250 g/mol. The smallest absolute Gasteiger partial charge is 0.335 e. The SMILES string of the molecule is CCn1ccnc1CC(CCC(F)(F)F)NN. The van der Waals surface area contributed by atoms with Crippen molar-refractivity contribution in [1.82, 2.24) is 15.0 Å². The first-order valence-electron chi connectivity index (χ1n) is 5.49. The van der Waals surface area contributed by atoms with Gasteiger partial charge in [-0.15, -0.1) is 0 Å². The molecule has 1 atom stereocenters. The van der Waals surface area contributed by atoms with E-state index in [1.807, 2.05) is 11.5 Å². The van der Waals surface area contributed by atoms with Crippen LogP contribution in [0.5, 0.6) is 0 Å². The van der Waals surface area contributed by atoms with E-state index in [-0.39, 0.29) is 6.42 Å². The molecule has 1 unspecified atom stereocenters. The van der Waals surface area contributed by atoms with Gasteiger partial charge in [-0.2, -0.15) is 13.2 Å². The quantitative estimate of drug-likeness (QED) is 0.596. The first-order chi connectivity index (χ1) is 7.96. The second-order valence-corrected chi connectivity index (χ2v) is 3.85. The molecule has 0 saturated carbocycles. The normalized spacial score (nSPS) is 13.9. The molecule has 1 heterocycles. The highest BCUT2D eigenvalue weighted by molar-refractivity contribution is 4.95. The summed E-state index contributed by atoms with van der Waals surface area (Å²) < 4.78 is 38.1. The summed E-state index contributed by atoms with van der Waals surface area (Å²) in [7, 11) is 0. The summed E-state index contributed by atoms with van der Waals surface area (Å²) in [5, 5.41) is 0. The van der Waals surface area contributed by atoms with E-state index in [9.17, 15) is 13.2 Å². The van der Waals surface area contributed by atoms with Gasteiger partial charge >= 0.3 is 6.18 Å². The molecule has 0 saturated heterocycles. The molecule has 4 nitrogen and oxygen atoms in total. The summed E-state index contributed by atoms with van der Waals surface area (Å²) in [4.78, 5) is 4.11. The second-order valence-electron chi connectivity index (χ2n) is 3.85. The summed E-state index contributed by atoms with van der Waals surface area (Å²) in [6, 6.07) is -0.413. The number of halogens is 3. The third-order valence-electron chi connectivity index (χ3n) is 2.58. The molecule has 0 bridgehead atoms. The van der Waals surface area contributed by atoms with Crippen molar-refractivity contribution in [3.63, 3.8) is 0 Å². The van der Waals surface area contributed by atoms with Crippen LogP contribution in [0.2, 0.25) is 0 Å². The first-order valence-corrected chi connectivity index (χ1v) is 5.49. The van der Waals surface area contributed by atoms with Gasteiger partial charge in [-0.1, -0.05) is 0 Å². The zero-order chi connectivity index (χ0) is 12.9. The number of rotatable bonds is 6. The number of imidazole rings is 1. The minimum Gasteiger partial charge on any atom is -0.335 e. The van der Waals surface area contributed by atoms with Crippen molar-refractivity contribution < 1.29 is 13.2 Å². The zero-order valence-corrected chi connectivity index (χ0v) is 9.67. The third-order valence-corrected chi connectivity index (χ3v) is 2.58. The lowest BCUT2D eigenvalue weighted by Gasteiger charge is -2.17. The molecular formula is C10H17F3N4. The van der Waals surface area contributed by atoms with Crippen molar-refractivity contribution in [2.75, 3.05) is 0 Å². The number of hydrazine groups is 1. The van der Waals surface area contributed by atoms with Crippen LogP contribution in [0.3, 0.4) is 0 Å². The predicted octanol–water partition coefficient (Wildman–Crippen LogP) is 1.62. The van der Waals surface area contributed by atoms with Gasteiger partial charge in [0.25, 0.3) is 0 Å².